The van der Waals surface area contributed by atoms with Crippen molar-refractivity contribution in [2.75, 3.05) is 18.5 Å². The third-order valence-electron chi connectivity index (χ3n) is 2.17. The van der Waals surface area contributed by atoms with Crippen molar-refractivity contribution in [2.24, 2.45) is 5.73 Å². The summed E-state index contributed by atoms with van der Waals surface area (Å²) in [6, 6.07) is 4.73. The van der Waals surface area contributed by atoms with Crippen LogP contribution >= 0.6 is 0 Å². The number of anilines is 1. The van der Waals surface area contributed by atoms with Crippen molar-refractivity contribution in [3.8, 4) is 5.75 Å². The van der Waals surface area contributed by atoms with Gasteiger partial charge < -0.3 is 15.8 Å². The predicted octanol–water partition coefficient (Wildman–Crippen LogP) is 1.28. The topological polar surface area (TPSA) is 107 Å². The number of nitro benzene ring substituents is 1. The molecule has 98 valence electrons. The number of nitrogens with one attached hydrogen (secondary N) is 1. The maximum absolute atomic E-state index is 11.0. The second-order valence-electron chi connectivity index (χ2n) is 3.49. The van der Waals surface area contributed by atoms with E-state index in [0.717, 1.165) is 0 Å². The Morgan fingerprint density at radius 1 is 1.56 bits per heavy atom. The summed E-state index contributed by atoms with van der Waals surface area (Å²) < 4.78 is 5.19. The van der Waals surface area contributed by atoms with Crippen LogP contribution in [0.2, 0.25) is 0 Å². The van der Waals surface area contributed by atoms with Crippen LogP contribution in [0.3, 0.4) is 0 Å². The highest BCUT2D eigenvalue weighted by atomic mass is 16.6. The van der Waals surface area contributed by atoms with E-state index in [1.54, 1.807) is 19.1 Å². The Morgan fingerprint density at radius 3 is 2.83 bits per heavy atom. The Balaban J connectivity index is 2.92. The lowest BCUT2D eigenvalue weighted by Crippen LogP contribution is -2.16. The van der Waals surface area contributed by atoms with Crippen LogP contribution in [-0.4, -0.2) is 24.0 Å². The van der Waals surface area contributed by atoms with E-state index >= 15 is 0 Å². The highest BCUT2D eigenvalue weighted by molar-refractivity contribution is 5.75. The lowest BCUT2D eigenvalue weighted by atomic mass is 10.2. The van der Waals surface area contributed by atoms with E-state index in [1.165, 1.54) is 6.07 Å². The van der Waals surface area contributed by atoms with Crippen molar-refractivity contribution in [3.05, 3.63) is 28.3 Å². The Hall–Kier alpha value is -2.31. The number of amides is 1. The molecular formula is C11H15N3O4. The number of nitrogens with zero attached hydrogens (tertiary/aromatic N) is 1. The van der Waals surface area contributed by atoms with Crippen molar-refractivity contribution in [1.82, 2.24) is 0 Å². The first-order valence-corrected chi connectivity index (χ1v) is 5.48. The maximum atomic E-state index is 11.0. The van der Waals surface area contributed by atoms with Gasteiger partial charge in [-0.05, 0) is 19.1 Å². The van der Waals surface area contributed by atoms with Gasteiger partial charge >= 0.3 is 5.69 Å². The van der Waals surface area contributed by atoms with Gasteiger partial charge in [-0.1, -0.05) is 6.07 Å². The molecular weight excluding hydrogens is 238 g/mol. The zero-order valence-electron chi connectivity index (χ0n) is 10.0. The Kier molecular flexibility index (Phi) is 4.91. The molecule has 3 N–H and O–H groups in total. The van der Waals surface area contributed by atoms with Gasteiger partial charge in [0.25, 0.3) is 0 Å². The van der Waals surface area contributed by atoms with Gasteiger partial charge in [0, 0.05) is 13.0 Å². The van der Waals surface area contributed by atoms with Crippen molar-refractivity contribution in [2.45, 2.75) is 13.3 Å². The molecule has 0 fully saturated rings. The van der Waals surface area contributed by atoms with E-state index in [-0.39, 0.29) is 24.4 Å². The normalized spacial score (nSPS) is 9.83. The SMILES string of the molecule is CCOc1cccc(NCCC(N)=O)c1[N+](=O)[O-]. The average Bonchev–Trinajstić information content (AvgIpc) is 2.28. The van der Waals surface area contributed by atoms with Gasteiger partial charge in [0.1, 0.15) is 5.69 Å². The first-order valence-electron chi connectivity index (χ1n) is 5.48. The zero-order valence-corrected chi connectivity index (χ0v) is 10.0. The number of nitrogens with two attached hydrogens (primary N) is 1. The third kappa shape index (κ3) is 3.62. The number of para-hydroxylation sites is 1. The maximum Gasteiger partial charge on any atom is 0.333 e. The van der Waals surface area contributed by atoms with Crippen LogP contribution in [0.4, 0.5) is 11.4 Å². The molecule has 7 nitrogen and oxygen atoms in total. The van der Waals surface area contributed by atoms with Crippen molar-refractivity contribution >= 4 is 17.3 Å². The molecule has 7 heteroatoms. The Labute approximate surface area is 104 Å². The number of hydrogen-bond acceptors (Lipinski definition) is 5. The number of ether oxygens (including phenoxy) is 1. The number of carbonyl (C=O) groups excluding carboxylic acids is 1. The second kappa shape index (κ2) is 6.43. The quantitative estimate of drug-likeness (QED) is 0.562. The molecule has 1 rings (SSSR count). The highest BCUT2D eigenvalue weighted by Gasteiger charge is 2.20. The van der Waals surface area contributed by atoms with E-state index in [2.05, 4.69) is 5.32 Å². The van der Waals surface area contributed by atoms with Gasteiger partial charge in [0.2, 0.25) is 5.91 Å². The minimum Gasteiger partial charge on any atom is -0.487 e. The van der Waals surface area contributed by atoms with Crippen LogP contribution in [-0.2, 0) is 4.79 Å². The fourth-order valence-electron chi connectivity index (χ4n) is 1.45. The van der Waals surface area contributed by atoms with Crippen molar-refractivity contribution in [3.63, 3.8) is 0 Å². The molecule has 0 radical (unpaired) electrons. The summed E-state index contributed by atoms with van der Waals surface area (Å²) >= 11 is 0. The summed E-state index contributed by atoms with van der Waals surface area (Å²) in [6.07, 6.45) is 0.107. The van der Waals surface area contributed by atoms with Crippen molar-refractivity contribution in [1.29, 1.82) is 0 Å². The summed E-state index contributed by atoms with van der Waals surface area (Å²) in [5.74, 6) is -0.266. The van der Waals surface area contributed by atoms with Crippen LogP contribution in [0, 0.1) is 10.1 Å². The van der Waals surface area contributed by atoms with Crippen LogP contribution < -0.4 is 15.8 Å². The van der Waals surface area contributed by atoms with E-state index in [1.807, 2.05) is 0 Å². The highest BCUT2D eigenvalue weighted by Crippen LogP contribution is 2.34. The molecule has 0 saturated heterocycles. The van der Waals surface area contributed by atoms with E-state index in [4.69, 9.17) is 10.5 Å². The summed E-state index contributed by atoms with van der Waals surface area (Å²) in [7, 11) is 0. The summed E-state index contributed by atoms with van der Waals surface area (Å²) in [4.78, 5) is 21.1. The second-order valence-corrected chi connectivity index (χ2v) is 3.49. The fourth-order valence-corrected chi connectivity index (χ4v) is 1.45. The molecule has 0 atom stereocenters. The molecule has 0 spiro atoms. The van der Waals surface area contributed by atoms with Gasteiger partial charge in [-0.25, -0.2) is 0 Å². The molecule has 0 saturated carbocycles. The summed E-state index contributed by atoms with van der Waals surface area (Å²) in [5.41, 5.74) is 5.17. The number of benzene rings is 1. The molecule has 0 bridgehead atoms. The standard InChI is InChI=1S/C11H15N3O4/c1-2-18-9-5-3-4-8(11(9)14(16)17)13-7-6-10(12)15/h3-5,13H,2,6-7H2,1H3,(H2,12,15). The molecule has 0 heterocycles. The third-order valence-corrected chi connectivity index (χ3v) is 2.17. The van der Waals surface area contributed by atoms with E-state index < -0.39 is 10.8 Å². The van der Waals surface area contributed by atoms with E-state index in [9.17, 15) is 14.9 Å². The fraction of sp³-hybridized carbons (Fsp3) is 0.364. The lowest BCUT2D eigenvalue weighted by Gasteiger charge is -2.09. The summed E-state index contributed by atoms with van der Waals surface area (Å²) in [6.45, 7) is 2.33. The molecule has 0 aliphatic heterocycles. The smallest absolute Gasteiger partial charge is 0.333 e. The van der Waals surface area contributed by atoms with Gasteiger partial charge in [0.05, 0.1) is 11.5 Å². The number of primary amides is 1. The zero-order chi connectivity index (χ0) is 13.5. The van der Waals surface area contributed by atoms with Crippen LogP contribution in [0.5, 0.6) is 5.75 Å². The van der Waals surface area contributed by atoms with Gasteiger partial charge in [-0.2, -0.15) is 0 Å². The summed E-state index contributed by atoms with van der Waals surface area (Å²) in [5, 5.41) is 13.8. The molecule has 1 aromatic rings. The number of hydrogen-bond donors (Lipinski definition) is 2. The van der Waals surface area contributed by atoms with Crippen LogP contribution in [0.25, 0.3) is 0 Å². The molecule has 1 amide bonds. The monoisotopic (exact) mass is 253 g/mol. The Morgan fingerprint density at radius 2 is 2.28 bits per heavy atom. The molecule has 0 aliphatic carbocycles. The van der Waals surface area contributed by atoms with Crippen molar-refractivity contribution < 1.29 is 14.5 Å². The largest absolute Gasteiger partial charge is 0.487 e. The van der Waals surface area contributed by atoms with Gasteiger partial charge in [-0.3, -0.25) is 14.9 Å². The van der Waals surface area contributed by atoms with Crippen LogP contribution in [0.15, 0.2) is 18.2 Å². The van der Waals surface area contributed by atoms with E-state index in [0.29, 0.717) is 12.3 Å². The minimum atomic E-state index is -0.516. The first kappa shape index (κ1) is 13.8. The first-order chi connectivity index (χ1) is 8.56. The average molecular weight is 253 g/mol. The molecule has 0 unspecified atom stereocenters. The minimum absolute atomic E-state index is 0.107. The molecule has 1 aromatic carbocycles. The number of nitro groups is 1. The molecule has 18 heavy (non-hydrogen) atoms. The van der Waals surface area contributed by atoms with Gasteiger partial charge in [0.15, 0.2) is 5.75 Å². The van der Waals surface area contributed by atoms with Gasteiger partial charge in [-0.15, -0.1) is 0 Å². The van der Waals surface area contributed by atoms with Crippen LogP contribution in [0.1, 0.15) is 13.3 Å². The number of carbonyl (C=O) groups is 1. The molecule has 0 aliphatic rings. The number of rotatable bonds is 7. The lowest BCUT2D eigenvalue weighted by molar-refractivity contribution is -0.384. The predicted molar refractivity (Wildman–Crippen MR) is 66.6 cm³/mol. The Bertz CT molecular complexity index is 448. The molecule has 0 aromatic heterocycles.